The maximum atomic E-state index is 11.9. The number of nitrogens with one attached hydrogen (secondary N) is 1. The molecular formula is C13H14ClNO4S. The highest BCUT2D eigenvalue weighted by molar-refractivity contribution is 7.17. The van der Waals surface area contributed by atoms with E-state index in [1.807, 2.05) is 0 Å². The molecule has 7 heteroatoms. The quantitative estimate of drug-likeness (QED) is 0.835. The van der Waals surface area contributed by atoms with Crippen LogP contribution in [-0.2, 0) is 14.3 Å². The molecule has 2 heterocycles. The largest absolute Gasteiger partial charge is 0.480 e. The Bertz CT molecular complexity index is 534. The summed E-state index contributed by atoms with van der Waals surface area (Å²) >= 11 is 7.13. The number of carbonyl (C=O) groups is 2. The molecule has 1 aromatic heterocycles. The highest BCUT2D eigenvalue weighted by Crippen LogP contribution is 2.23. The fraction of sp³-hybridized carbons (Fsp3) is 0.385. The smallest absolute Gasteiger partial charge is 0.329 e. The minimum absolute atomic E-state index is 0.271. The van der Waals surface area contributed by atoms with Gasteiger partial charge in [0.1, 0.15) is 5.54 Å². The number of hydrogen-bond donors (Lipinski definition) is 2. The summed E-state index contributed by atoms with van der Waals surface area (Å²) in [5.41, 5.74) is -1.23. The third kappa shape index (κ3) is 3.59. The van der Waals surface area contributed by atoms with Gasteiger partial charge in [-0.25, -0.2) is 4.79 Å². The van der Waals surface area contributed by atoms with Crippen LogP contribution in [0.1, 0.15) is 17.7 Å². The Balaban J connectivity index is 2.01. The SMILES string of the molecule is O=C(/C=C/c1ccc(Cl)s1)NC1(C(=O)O)CCOCC1. The molecule has 1 saturated heterocycles. The zero-order valence-corrected chi connectivity index (χ0v) is 12.2. The molecule has 1 aliphatic heterocycles. The molecule has 0 radical (unpaired) electrons. The van der Waals surface area contributed by atoms with Gasteiger partial charge in [-0.1, -0.05) is 11.6 Å². The molecule has 108 valence electrons. The van der Waals surface area contributed by atoms with Gasteiger partial charge >= 0.3 is 5.97 Å². The first kappa shape index (κ1) is 15.0. The molecule has 1 amide bonds. The monoisotopic (exact) mass is 315 g/mol. The zero-order valence-electron chi connectivity index (χ0n) is 10.6. The Morgan fingerprint density at radius 3 is 2.65 bits per heavy atom. The summed E-state index contributed by atoms with van der Waals surface area (Å²) in [6.07, 6.45) is 3.47. The number of halogens is 1. The minimum atomic E-state index is -1.23. The summed E-state index contributed by atoms with van der Waals surface area (Å²) in [6.45, 7) is 0.660. The van der Waals surface area contributed by atoms with Gasteiger partial charge < -0.3 is 15.2 Å². The van der Waals surface area contributed by atoms with Gasteiger partial charge in [-0.3, -0.25) is 4.79 Å². The Labute approximate surface area is 125 Å². The molecule has 0 bridgehead atoms. The van der Waals surface area contributed by atoms with Crippen molar-refractivity contribution in [3.05, 3.63) is 27.4 Å². The predicted molar refractivity (Wildman–Crippen MR) is 76.9 cm³/mol. The summed E-state index contributed by atoms with van der Waals surface area (Å²) in [6, 6.07) is 3.53. The molecule has 2 rings (SSSR count). The molecule has 0 unspecified atom stereocenters. The van der Waals surface area contributed by atoms with Crippen molar-refractivity contribution in [3.8, 4) is 0 Å². The van der Waals surface area contributed by atoms with Crippen molar-refractivity contribution in [1.82, 2.24) is 5.32 Å². The van der Waals surface area contributed by atoms with Gasteiger partial charge in [0.15, 0.2) is 0 Å². The summed E-state index contributed by atoms with van der Waals surface area (Å²) < 4.78 is 5.78. The van der Waals surface area contributed by atoms with Crippen LogP contribution in [0.15, 0.2) is 18.2 Å². The molecule has 2 N–H and O–H groups in total. The number of rotatable bonds is 4. The second-order valence-corrected chi connectivity index (χ2v) is 6.21. The highest BCUT2D eigenvalue weighted by atomic mass is 35.5. The Morgan fingerprint density at radius 1 is 1.40 bits per heavy atom. The normalized spacial score (nSPS) is 18.1. The molecule has 1 aliphatic rings. The van der Waals surface area contributed by atoms with Crippen molar-refractivity contribution < 1.29 is 19.4 Å². The van der Waals surface area contributed by atoms with Crippen molar-refractivity contribution in [2.75, 3.05) is 13.2 Å². The minimum Gasteiger partial charge on any atom is -0.480 e. The summed E-state index contributed by atoms with van der Waals surface area (Å²) in [7, 11) is 0. The second-order valence-electron chi connectivity index (χ2n) is 4.46. The second kappa shape index (κ2) is 6.39. The fourth-order valence-corrected chi connectivity index (χ4v) is 2.93. The van der Waals surface area contributed by atoms with Gasteiger partial charge in [0.2, 0.25) is 5.91 Å². The summed E-state index contributed by atoms with van der Waals surface area (Å²) in [4.78, 5) is 24.1. The van der Waals surface area contributed by atoms with E-state index in [2.05, 4.69) is 5.32 Å². The van der Waals surface area contributed by atoms with Gasteiger partial charge in [0.25, 0.3) is 0 Å². The van der Waals surface area contributed by atoms with Crippen molar-refractivity contribution in [1.29, 1.82) is 0 Å². The first-order chi connectivity index (χ1) is 9.52. The van der Waals surface area contributed by atoms with Crippen LogP contribution < -0.4 is 5.32 Å². The van der Waals surface area contributed by atoms with E-state index in [0.717, 1.165) is 4.88 Å². The number of hydrogen-bond acceptors (Lipinski definition) is 4. The lowest BCUT2D eigenvalue weighted by Crippen LogP contribution is -2.57. The Morgan fingerprint density at radius 2 is 2.10 bits per heavy atom. The predicted octanol–water partition coefficient (Wildman–Crippen LogP) is 2.16. The van der Waals surface area contributed by atoms with Crippen molar-refractivity contribution in [2.24, 2.45) is 0 Å². The van der Waals surface area contributed by atoms with E-state index in [4.69, 9.17) is 16.3 Å². The van der Waals surface area contributed by atoms with Gasteiger partial charge in [-0.05, 0) is 18.2 Å². The molecule has 0 aromatic carbocycles. The van der Waals surface area contributed by atoms with Crippen LogP contribution in [0.4, 0.5) is 0 Å². The number of carboxylic acid groups (broad SMARTS) is 1. The summed E-state index contributed by atoms with van der Waals surface area (Å²) in [5.74, 6) is -1.46. The van der Waals surface area contributed by atoms with E-state index in [1.54, 1.807) is 18.2 Å². The van der Waals surface area contributed by atoms with Crippen molar-refractivity contribution in [2.45, 2.75) is 18.4 Å². The van der Waals surface area contributed by atoms with Gasteiger partial charge in [-0.15, -0.1) is 11.3 Å². The molecule has 0 saturated carbocycles. The van der Waals surface area contributed by atoms with Crippen LogP contribution in [-0.4, -0.2) is 35.7 Å². The van der Waals surface area contributed by atoms with Gasteiger partial charge in [0.05, 0.1) is 4.34 Å². The van der Waals surface area contributed by atoms with Gasteiger partial charge in [0, 0.05) is 37.0 Å². The number of aliphatic carboxylic acids is 1. The van der Waals surface area contributed by atoms with E-state index in [0.29, 0.717) is 17.6 Å². The number of carbonyl (C=O) groups excluding carboxylic acids is 1. The van der Waals surface area contributed by atoms with Crippen LogP contribution in [0.2, 0.25) is 4.34 Å². The molecule has 0 atom stereocenters. The average molecular weight is 316 g/mol. The van der Waals surface area contributed by atoms with E-state index >= 15 is 0 Å². The molecule has 0 spiro atoms. The van der Waals surface area contributed by atoms with E-state index in [9.17, 15) is 14.7 Å². The maximum Gasteiger partial charge on any atom is 0.329 e. The molecule has 1 aromatic rings. The van der Waals surface area contributed by atoms with E-state index < -0.39 is 17.4 Å². The average Bonchev–Trinajstić information content (AvgIpc) is 2.83. The maximum absolute atomic E-state index is 11.9. The van der Waals surface area contributed by atoms with E-state index in [1.165, 1.54) is 17.4 Å². The standard InChI is InChI=1S/C13H14ClNO4S/c14-10-3-1-9(20-10)2-4-11(16)15-13(12(17)18)5-7-19-8-6-13/h1-4H,5-8H2,(H,15,16)(H,17,18)/b4-2+. The van der Waals surface area contributed by atoms with Crippen LogP contribution in [0, 0.1) is 0 Å². The first-order valence-corrected chi connectivity index (χ1v) is 7.28. The van der Waals surface area contributed by atoms with Crippen LogP contribution in [0.3, 0.4) is 0 Å². The molecular weight excluding hydrogens is 302 g/mol. The Kier molecular flexibility index (Phi) is 4.80. The number of thiophene rings is 1. The lowest BCUT2D eigenvalue weighted by Gasteiger charge is -2.33. The Hall–Kier alpha value is -1.37. The molecule has 1 fully saturated rings. The fourth-order valence-electron chi connectivity index (χ4n) is 1.97. The zero-order chi connectivity index (χ0) is 14.6. The third-order valence-electron chi connectivity index (χ3n) is 3.11. The first-order valence-electron chi connectivity index (χ1n) is 6.08. The van der Waals surface area contributed by atoms with Crippen molar-refractivity contribution >= 4 is 40.9 Å². The van der Waals surface area contributed by atoms with Gasteiger partial charge in [-0.2, -0.15) is 0 Å². The van der Waals surface area contributed by atoms with Crippen LogP contribution in [0.5, 0.6) is 0 Å². The molecule has 0 aliphatic carbocycles. The summed E-state index contributed by atoms with van der Waals surface area (Å²) in [5, 5.41) is 11.9. The molecule has 5 nitrogen and oxygen atoms in total. The number of ether oxygens (including phenoxy) is 1. The lowest BCUT2D eigenvalue weighted by atomic mass is 9.90. The lowest BCUT2D eigenvalue weighted by molar-refractivity contribution is -0.151. The van der Waals surface area contributed by atoms with Crippen LogP contribution in [0.25, 0.3) is 6.08 Å². The topological polar surface area (TPSA) is 75.6 Å². The molecule has 20 heavy (non-hydrogen) atoms. The number of carboxylic acids is 1. The van der Waals surface area contributed by atoms with E-state index in [-0.39, 0.29) is 12.8 Å². The highest BCUT2D eigenvalue weighted by Gasteiger charge is 2.41. The van der Waals surface area contributed by atoms with Crippen LogP contribution >= 0.6 is 22.9 Å². The third-order valence-corrected chi connectivity index (χ3v) is 4.31. The van der Waals surface area contributed by atoms with Crippen molar-refractivity contribution in [3.63, 3.8) is 0 Å². The number of amides is 1.